The van der Waals surface area contributed by atoms with Gasteiger partial charge in [0.05, 0.1) is 21.3 Å². The van der Waals surface area contributed by atoms with Crippen molar-refractivity contribution < 1.29 is 23.4 Å². The lowest BCUT2D eigenvalue weighted by Crippen LogP contribution is -2.05. The molecule has 0 spiro atoms. The first-order valence-corrected chi connectivity index (χ1v) is 8.87. The number of nitrogens with one attached hydrogen (secondary N) is 1. The van der Waals surface area contributed by atoms with Gasteiger partial charge in [-0.05, 0) is 37.1 Å². The average Bonchev–Trinajstić information content (AvgIpc) is 3.13. The summed E-state index contributed by atoms with van der Waals surface area (Å²) in [5, 5.41) is 12.3. The van der Waals surface area contributed by atoms with Crippen LogP contribution in [0, 0.1) is 11.3 Å². The van der Waals surface area contributed by atoms with Crippen molar-refractivity contribution in [1.82, 2.24) is 4.98 Å². The maximum atomic E-state index is 9.24. The number of ether oxygens (including phenoxy) is 4. The summed E-state index contributed by atoms with van der Waals surface area (Å²) in [4.78, 5) is 4.18. The fourth-order valence-electron chi connectivity index (χ4n) is 2.49. The van der Waals surface area contributed by atoms with Crippen molar-refractivity contribution in [1.29, 1.82) is 5.26 Å². The van der Waals surface area contributed by atoms with Gasteiger partial charge in [0.1, 0.15) is 6.07 Å². The van der Waals surface area contributed by atoms with Gasteiger partial charge in [0.15, 0.2) is 11.5 Å². The molecule has 0 aliphatic heterocycles. The fourth-order valence-corrected chi connectivity index (χ4v) is 2.49. The summed E-state index contributed by atoms with van der Waals surface area (Å²) >= 11 is 0. The van der Waals surface area contributed by atoms with Crippen LogP contribution in [0.2, 0.25) is 0 Å². The zero-order valence-electron chi connectivity index (χ0n) is 16.6. The zero-order valence-corrected chi connectivity index (χ0v) is 16.6. The monoisotopic (exact) mass is 387 g/mol. The van der Waals surface area contributed by atoms with Crippen molar-refractivity contribution in [2.75, 3.05) is 46.4 Å². The highest BCUT2D eigenvalue weighted by Crippen LogP contribution is 2.38. The van der Waals surface area contributed by atoms with E-state index in [4.69, 9.17) is 23.4 Å². The highest BCUT2D eigenvalue weighted by atomic mass is 16.5. The lowest BCUT2D eigenvalue weighted by molar-refractivity contribution is 0.147. The van der Waals surface area contributed by atoms with Crippen molar-refractivity contribution in [3.05, 3.63) is 29.3 Å². The van der Waals surface area contributed by atoms with E-state index in [1.54, 1.807) is 45.6 Å². The maximum absolute atomic E-state index is 9.24. The van der Waals surface area contributed by atoms with Gasteiger partial charge in [-0.1, -0.05) is 0 Å². The number of benzene rings is 1. The fraction of sp³-hybridized carbons (Fsp3) is 0.400. The Kier molecular flexibility index (Phi) is 8.18. The Labute approximate surface area is 164 Å². The van der Waals surface area contributed by atoms with Gasteiger partial charge < -0.3 is 28.7 Å². The summed E-state index contributed by atoms with van der Waals surface area (Å²) in [5.74, 6) is 2.27. The molecule has 0 amide bonds. The lowest BCUT2D eigenvalue weighted by Gasteiger charge is -2.12. The van der Waals surface area contributed by atoms with Crippen molar-refractivity contribution in [2.24, 2.45) is 0 Å². The van der Waals surface area contributed by atoms with Crippen LogP contribution in [0.3, 0.4) is 0 Å². The second kappa shape index (κ2) is 10.8. The van der Waals surface area contributed by atoms with Crippen molar-refractivity contribution in [3.63, 3.8) is 0 Å². The first-order valence-electron chi connectivity index (χ1n) is 8.87. The molecule has 0 radical (unpaired) electrons. The predicted octanol–water partition coefficient (Wildman–Crippen LogP) is 3.58. The second-order valence-corrected chi connectivity index (χ2v) is 5.61. The third-order valence-corrected chi connectivity index (χ3v) is 3.81. The number of rotatable bonds is 11. The van der Waals surface area contributed by atoms with Gasteiger partial charge in [-0.3, -0.25) is 0 Å². The van der Waals surface area contributed by atoms with E-state index in [9.17, 15) is 5.26 Å². The number of nitrogens with zero attached hydrogens (tertiary/aromatic N) is 2. The summed E-state index contributed by atoms with van der Waals surface area (Å²) in [6.45, 7) is 3.90. The van der Waals surface area contributed by atoms with Crippen LogP contribution in [0.15, 0.2) is 16.5 Å². The number of nitriles is 1. The number of oxazole rings is 1. The highest BCUT2D eigenvalue weighted by molar-refractivity contribution is 5.71. The van der Waals surface area contributed by atoms with Gasteiger partial charge >= 0.3 is 0 Å². The molecule has 8 nitrogen and oxygen atoms in total. The number of anilines is 1. The Bertz CT molecular complexity index is 814. The normalized spacial score (nSPS) is 10.7. The zero-order chi connectivity index (χ0) is 20.4. The predicted molar refractivity (Wildman–Crippen MR) is 106 cm³/mol. The Morgan fingerprint density at radius 1 is 1.14 bits per heavy atom. The first kappa shape index (κ1) is 21.1. The number of hydrogen-bond acceptors (Lipinski definition) is 8. The summed E-state index contributed by atoms with van der Waals surface area (Å²) in [6, 6.07) is 5.64. The van der Waals surface area contributed by atoms with Crippen LogP contribution in [0.25, 0.3) is 12.2 Å². The van der Waals surface area contributed by atoms with Crippen LogP contribution in [0.5, 0.6) is 17.2 Å². The molecule has 0 saturated carbocycles. The number of aromatic nitrogens is 1. The Hall–Kier alpha value is -3.18. The summed E-state index contributed by atoms with van der Waals surface area (Å²) < 4.78 is 26.9. The molecule has 1 aromatic carbocycles. The Morgan fingerprint density at radius 3 is 2.43 bits per heavy atom. The van der Waals surface area contributed by atoms with E-state index in [1.165, 1.54) is 0 Å². The molecule has 1 heterocycles. The highest BCUT2D eigenvalue weighted by Gasteiger charge is 2.13. The molecule has 2 rings (SSSR count). The SMILES string of the molecule is CCOCCCNc1oc(C=Cc2cc(OC)c(OC)c(OC)c2)nc1C#N. The van der Waals surface area contributed by atoms with Crippen LogP contribution in [-0.4, -0.2) is 46.1 Å². The van der Waals surface area contributed by atoms with Gasteiger partial charge in [0, 0.05) is 25.8 Å². The minimum absolute atomic E-state index is 0.209. The number of methoxy groups -OCH3 is 3. The Morgan fingerprint density at radius 2 is 1.86 bits per heavy atom. The third kappa shape index (κ3) is 5.41. The molecular formula is C20H25N3O5. The number of hydrogen-bond donors (Lipinski definition) is 1. The molecule has 0 unspecified atom stereocenters. The van der Waals surface area contributed by atoms with Crippen LogP contribution in [0.1, 0.15) is 30.5 Å². The molecule has 2 aromatic rings. The van der Waals surface area contributed by atoms with Gasteiger partial charge in [-0.2, -0.15) is 10.2 Å². The maximum Gasteiger partial charge on any atom is 0.232 e. The molecule has 8 heteroatoms. The van der Waals surface area contributed by atoms with Crippen LogP contribution >= 0.6 is 0 Å². The molecule has 1 N–H and O–H groups in total. The topological polar surface area (TPSA) is 98.8 Å². The van der Waals surface area contributed by atoms with Gasteiger partial charge in [0.2, 0.25) is 23.2 Å². The second-order valence-electron chi connectivity index (χ2n) is 5.61. The van der Waals surface area contributed by atoms with Crippen LogP contribution in [0.4, 0.5) is 5.88 Å². The van der Waals surface area contributed by atoms with Crippen molar-refractivity contribution >= 4 is 18.0 Å². The lowest BCUT2D eigenvalue weighted by atomic mass is 10.1. The molecule has 0 fully saturated rings. The first-order chi connectivity index (χ1) is 13.7. The third-order valence-electron chi connectivity index (χ3n) is 3.81. The minimum Gasteiger partial charge on any atom is -0.493 e. The largest absolute Gasteiger partial charge is 0.493 e. The van der Waals surface area contributed by atoms with E-state index in [-0.39, 0.29) is 5.69 Å². The van der Waals surface area contributed by atoms with E-state index < -0.39 is 0 Å². The average molecular weight is 387 g/mol. The molecule has 0 bridgehead atoms. The molecule has 150 valence electrons. The van der Waals surface area contributed by atoms with Crippen LogP contribution in [-0.2, 0) is 4.74 Å². The van der Waals surface area contributed by atoms with E-state index in [0.29, 0.717) is 48.8 Å². The summed E-state index contributed by atoms with van der Waals surface area (Å²) in [5.41, 5.74) is 1.01. The summed E-state index contributed by atoms with van der Waals surface area (Å²) in [6.07, 6.45) is 4.26. The molecule has 0 aliphatic carbocycles. The molecule has 0 saturated heterocycles. The molecule has 0 aliphatic rings. The molecule has 1 aromatic heterocycles. The van der Waals surface area contributed by atoms with Crippen LogP contribution < -0.4 is 19.5 Å². The van der Waals surface area contributed by atoms with Gasteiger partial charge in [0.25, 0.3) is 0 Å². The molecule has 0 atom stereocenters. The van der Waals surface area contributed by atoms with E-state index in [0.717, 1.165) is 12.0 Å². The van der Waals surface area contributed by atoms with Crippen molar-refractivity contribution in [3.8, 4) is 23.3 Å². The van der Waals surface area contributed by atoms with E-state index in [1.807, 2.05) is 13.0 Å². The smallest absolute Gasteiger partial charge is 0.232 e. The van der Waals surface area contributed by atoms with E-state index >= 15 is 0 Å². The van der Waals surface area contributed by atoms with Crippen molar-refractivity contribution in [2.45, 2.75) is 13.3 Å². The van der Waals surface area contributed by atoms with Gasteiger partial charge in [-0.15, -0.1) is 0 Å². The standard InChI is InChI=1S/C20H25N3O5/c1-5-27-10-6-9-22-20-15(13-21)23-18(28-20)8-7-14-11-16(24-2)19(26-4)17(12-14)25-3/h7-8,11-12,22H,5-6,9-10H2,1-4H3. The van der Waals surface area contributed by atoms with E-state index in [2.05, 4.69) is 10.3 Å². The molecular weight excluding hydrogens is 362 g/mol. The summed E-state index contributed by atoms with van der Waals surface area (Å²) in [7, 11) is 4.66. The Balaban J connectivity index is 2.15. The minimum atomic E-state index is 0.209. The van der Waals surface area contributed by atoms with Gasteiger partial charge in [-0.25, -0.2) is 0 Å². The molecule has 28 heavy (non-hydrogen) atoms. The quantitative estimate of drug-likeness (QED) is 0.584.